The normalized spacial score (nSPS) is 11.9. The molecule has 0 spiro atoms. The third kappa shape index (κ3) is 7.03. The Labute approximate surface area is 230 Å². The minimum atomic E-state index is -4.17. The molecular weight excluding hydrogens is 582 g/mol. The molecule has 0 aliphatic rings. The van der Waals surface area contributed by atoms with E-state index in [2.05, 4.69) is 21.2 Å². The van der Waals surface area contributed by atoms with Gasteiger partial charge in [0.2, 0.25) is 11.8 Å². The van der Waals surface area contributed by atoms with Crippen LogP contribution in [0.2, 0.25) is 5.02 Å². The summed E-state index contributed by atoms with van der Waals surface area (Å²) < 4.78 is 34.5. The standard InChI is InChI=1S/C26H27BrClN3O5S/c1-18(26(33)29-2)30(16-19-4-6-20(27)7-5-19)25(32)17-31(22-10-8-21(28)9-11-22)37(34,35)24-14-12-23(36-3)13-15-24/h4-15,18H,16-17H2,1-3H3,(H,29,33). The molecule has 0 radical (unpaired) electrons. The van der Waals surface area contributed by atoms with E-state index in [1.807, 2.05) is 24.3 Å². The Morgan fingerprint density at radius 3 is 2.14 bits per heavy atom. The number of carbonyl (C=O) groups excluding carboxylic acids is 2. The predicted octanol–water partition coefficient (Wildman–Crippen LogP) is 4.47. The van der Waals surface area contributed by atoms with E-state index in [9.17, 15) is 18.0 Å². The Kier molecular flexibility index (Phi) is 9.58. The van der Waals surface area contributed by atoms with Gasteiger partial charge in [-0.15, -0.1) is 0 Å². The second-order valence-corrected chi connectivity index (χ2v) is 11.3. The van der Waals surface area contributed by atoms with E-state index >= 15 is 0 Å². The zero-order chi connectivity index (χ0) is 27.2. The summed E-state index contributed by atoms with van der Waals surface area (Å²) in [4.78, 5) is 27.5. The van der Waals surface area contributed by atoms with Crippen molar-refractivity contribution in [1.82, 2.24) is 10.2 Å². The van der Waals surface area contributed by atoms with Crippen LogP contribution in [0.5, 0.6) is 5.75 Å². The van der Waals surface area contributed by atoms with Gasteiger partial charge in [0.1, 0.15) is 18.3 Å². The number of sulfonamides is 1. The van der Waals surface area contributed by atoms with Crippen molar-refractivity contribution in [3.63, 3.8) is 0 Å². The van der Waals surface area contributed by atoms with Gasteiger partial charge in [0.25, 0.3) is 10.0 Å². The van der Waals surface area contributed by atoms with Crippen LogP contribution >= 0.6 is 27.5 Å². The van der Waals surface area contributed by atoms with Crippen molar-refractivity contribution >= 4 is 55.1 Å². The SMILES string of the molecule is CNC(=O)C(C)N(Cc1ccc(Br)cc1)C(=O)CN(c1ccc(Cl)cc1)S(=O)(=O)c1ccc(OC)cc1. The molecule has 37 heavy (non-hydrogen) atoms. The van der Waals surface area contributed by atoms with Crippen molar-refractivity contribution in [2.45, 2.75) is 24.4 Å². The van der Waals surface area contributed by atoms with E-state index in [4.69, 9.17) is 16.3 Å². The highest BCUT2D eigenvalue weighted by molar-refractivity contribution is 9.10. The summed E-state index contributed by atoms with van der Waals surface area (Å²) in [5.74, 6) is -0.430. The Balaban J connectivity index is 2.01. The molecule has 0 fully saturated rings. The molecule has 0 saturated carbocycles. The van der Waals surface area contributed by atoms with Gasteiger partial charge in [-0.1, -0.05) is 39.7 Å². The first-order valence-electron chi connectivity index (χ1n) is 11.2. The van der Waals surface area contributed by atoms with E-state index in [1.165, 1.54) is 55.5 Å². The summed E-state index contributed by atoms with van der Waals surface area (Å²) in [5.41, 5.74) is 1.04. The summed E-state index contributed by atoms with van der Waals surface area (Å²) in [5, 5.41) is 2.97. The van der Waals surface area contributed by atoms with Gasteiger partial charge in [0, 0.05) is 23.1 Å². The number of likely N-dealkylation sites (N-methyl/N-ethyl adjacent to an activating group) is 1. The van der Waals surface area contributed by atoms with Crippen molar-refractivity contribution in [2.75, 3.05) is 25.0 Å². The number of methoxy groups -OCH3 is 1. The van der Waals surface area contributed by atoms with E-state index in [1.54, 1.807) is 19.1 Å². The average Bonchev–Trinajstić information content (AvgIpc) is 2.91. The molecule has 1 atom stereocenters. The number of rotatable bonds is 10. The zero-order valence-electron chi connectivity index (χ0n) is 20.5. The van der Waals surface area contributed by atoms with Crippen LogP contribution in [0.4, 0.5) is 5.69 Å². The third-order valence-electron chi connectivity index (χ3n) is 5.72. The largest absolute Gasteiger partial charge is 0.497 e. The monoisotopic (exact) mass is 607 g/mol. The van der Waals surface area contributed by atoms with Crippen molar-refractivity contribution < 1.29 is 22.7 Å². The second kappa shape index (κ2) is 12.4. The Bertz CT molecular complexity index is 1330. The molecule has 196 valence electrons. The minimum Gasteiger partial charge on any atom is -0.497 e. The van der Waals surface area contributed by atoms with Crippen LogP contribution < -0.4 is 14.4 Å². The molecule has 8 nitrogen and oxygen atoms in total. The number of hydrogen-bond acceptors (Lipinski definition) is 5. The van der Waals surface area contributed by atoms with Gasteiger partial charge in [0.15, 0.2) is 0 Å². The molecule has 3 aromatic rings. The lowest BCUT2D eigenvalue weighted by Crippen LogP contribution is -2.50. The van der Waals surface area contributed by atoms with Crippen LogP contribution in [0.15, 0.2) is 82.2 Å². The number of halogens is 2. The maximum absolute atomic E-state index is 13.7. The van der Waals surface area contributed by atoms with E-state index in [-0.39, 0.29) is 23.0 Å². The van der Waals surface area contributed by atoms with E-state index in [0.29, 0.717) is 10.8 Å². The number of hydrogen-bond donors (Lipinski definition) is 1. The van der Waals surface area contributed by atoms with Gasteiger partial charge in [-0.25, -0.2) is 8.42 Å². The average molecular weight is 609 g/mol. The second-order valence-electron chi connectivity index (χ2n) is 8.10. The molecule has 0 aromatic heterocycles. The molecule has 0 bridgehead atoms. The van der Waals surface area contributed by atoms with Gasteiger partial charge < -0.3 is 15.0 Å². The topological polar surface area (TPSA) is 96.0 Å². The number of nitrogens with one attached hydrogen (secondary N) is 1. The number of amides is 2. The van der Waals surface area contributed by atoms with Crippen LogP contribution in [0, 0.1) is 0 Å². The molecule has 1 unspecified atom stereocenters. The zero-order valence-corrected chi connectivity index (χ0v) is 23.7. The molecule has 0 aliphatic heterocycles. The fourth-order valence-electron chi connectivity index (χ4n) is 3.59. The number of anilines is 1. The first-order valence-corrected chi connectivity index (χ1v) is 13.9. The predicted molar refractivity (Wildman–Crippen MR) is 147 cm³/mol. The molecule has 0 saturated heterocycles. The number of carbonyl (C=O) groups is 2. The van der Waals surface area contributed by atoms with Crippen LogP contribution in [0.25, 0.3) is 0 Å². The fraction of sp³-hybridized carbons (Fsp3) is 0.231. The summed E-state index contributed by atoms with van der Waals surface area (Å²) in [6, 6.07) is 18.5. The fourth-order valence-corrected chi connectivity index (χ4v) is 5.39. The number of ether oxygens (including phenoxy) is 1. The molecule has 3 rings (SSSR count). The lowest BCUT2D eigenvalue weighted by atomic mass is 10.1. The summed E-state index contributed by atoms with van der Waals surface area (Å²) >= 11 is 9.41. The van der Waals surface area contributed by atoms with Crippen molar-refractivity contribution in [3.05, 3.63) is 87.9 Å². The van der Waals surface area contributed by atoms with Crippen LogP contribution in [0.3, 0.4) is 0 Å². The minimum absolute atomic E-state index is 0.0186. The van der Waals surface area contributed by atoms with Crippen molar-refractivity contribution in [3.8, 4) is 5.75 Å². The van der Waals surface area contributed by atoms with Gasteiger partial charge in [-0.3, -0.25) is 13.9 Å². The van der Waals surface area contributed by atoms with Crippen LogP contribution in [0.1, 0.15) is 12.5 Å². The lowest BCUT2D eigenvalue weighted by molar-refractivity contribution is -0.139. The third-order valence-corrected chi connectivity index (χ3v) is 8.29. The van der Waals surface area contributed by atoms with E-state index in [0.717, 1.165) is 14.3 Å². The molecule has 1 N–H and O–H groups in total. The molecule has 0 heterocycles. The van der Waals surface area contributed by atoms with Gasteiger partial charge in [-0.05, 0) is 73.2 Å². The Morgan fingerprint density at radius 2 is 1.59 bits per heavy atom. The van der Waals surface area contributed by atoms with Gasteiger partial charge >= 0.3 is 0 Å². The van der Waals surface area contributed by atoms with Crippen LogP contribution in [-0.2, 0) is 26.2 Å². The smallest absolute Gasteiger partial charge is 0.264 e. The van der Waals surface area contributed by atoms with Gasteiger partial charge in [0.05, 0.1) is 17.7 Å². The first-order chi connectivity index (χ1) is 17.6. The maximum Gasteiger partial charge on any atom is 0.264 e. The summed E-state index contributed by atoms with van der Waals surface area (Å²) in [7, 11) is -1.21. The highest BCUT2D eigenvalue weighted by Crippen LogP contribution is 2.27. The van der Waals surface area contributed by atoms with Crippen LogP contribution in [-0.4, -0.2) is 51.9 Å². The highest BCUT2D eigenvalue weighted by Gasteiger charge is 2.32. The first kappa shape index (κ1) is 28.5. The molecular formula is C26H27BrClN3O5S. The quantitative estimate of drug-likeness (QED) is 0.367. The summed E-state index contributed by atoms with van der Waals surface area (Å²) in [6.07, 6.45) is 0. The molecule has 0 aliphatic carbocycles. The van der Waals surface area contributed by atoms with E-state index < -0.39 is 28.5 Å². The highest BCUT2D eigenvalue weighted by atomic mass is 79.9. The summed E-state index contributed by atoms with van der Waals surface area (Å²) in [6.45, 7) is 1.17. The Hall–Kier alpha value is -3.08. The van der Waals surface area contributed by atoms with Crippen molar-refractivity contribution in [1.29, 1.82) is 0 Å². The van der Waals surface area contributed by atoms with Gasteiger partial charge in [-0.2, -0.15) is 0 Å². The molecule has 3 aromatic carbocycles. The van der Waals surface area contributed by atoms with Crippen molar-refractivity contribution in [2.24, 2.45) is 0 Å². The maximum atomic E-state index is 13.7. The Morgan fingerprint density at radius 1 is 1.00 bits per heavy atom. The molecule has 2 amide bonds. The number of benzene rings is 3. The molecule has 11 heteroatoms. The lowest BCUT2D eigenvalue weighted by Gasteiger charge is -2.31. The number of nitrogens with zero attached hydrogens (tertiary/aromatic N) is 2.